The molecule has 0 bridgehead atoms. The number of nitrogens with zero attached hydrogens (tertiary/aromatic N) is 1. The molecule has 2 aromatic rings. The highest BCUT2D eigenvalue weighted by molar-refractivity contribution is 6.32. The summed E-state index contributed by atoms with van der Waals surface area (Å²) in [5.74, 6) is 0.639. The maximum atomic E-state index is 12.8. The summed E-state index contributed by atoms with van der Waals surface area (Å²) in [4.78, 5) is 15.2. The van der Waals surface area contributed by atoms with Crippen LogP contribution in [0, 0.1) is 0 Å². The van der Waals surface area contributed by atoms with Gasteiger partial charge in [-0.25, -0.2) is 0 Å². The number of carbonyl (C=O) groups excluding carboxylic acids is 1. The first-order chi connectivity index (χ1) is 12.7. The van der Waals surface area contributed by atoms with Crippen molar-refractivity contribution >= 4 is 17.5 Å². The van der Waals surface area contributed by atoms with E-state index in [2.05, 4.69) is 16.3 Å². The van der Waals surface area contributed by atoms with Crippen LogP contribution in [0.25, 0.3) is 0 Å². The van der Waals surface area contributed by atoms with Gasteiger partial charge in [0.25, 0.3) is 5.91 Å². The van der Waals surface area contributed by atoms with Crippen molar-refractivity contribution < 1.29 is 9.53 Å². The highest BCUT2D eigenvalue weighted by atomic mass is 35.5. The van der Waals surface area contributed by atoms with Crippen LogP contribution in [-0.2, 0) is 6.54 Å². The van der Waals surface area contributed by atoms with Crippen molar-refractivity contribution in [1.29, 1.82) is 0 Å². The second-order valence-corrected chi connectivity index (χ2v) is 7.41. The fourth-order valence-corrected chi connectivity index (χ4v) is 4.02. The summed E-state index contributed by atoms with van der Waals surface area (Å²) in [6.07, 6.45) is 3.28. The molecule has 1 saturated heterocycles. The molecule has 1 fully saturated rings. The summed E-state index contributed by atoms with van der Waals surface area (Å²) in [5, 5.41) is 3.74. The maximum absolute atomic E-state index is 12.8. The average Bonchev–Trinajstić information content (AvgIpc) is 3.16. The van der Waals surface area contributed by atoms with Crippen molar-refractivity contribution in [1.82, 2.24) is 10.2 Å². The minimum Gasteiger partial charge on any atom is -0.492 e. The summed E-state index contributed by atoms with van der Waals surface area (Å²) in [7, 11) is 0. The Morgan fingerprint density at radius 3 is 2.85 bits per heavy atom. The molecule has 0 saturated carbocycles. The van der Waals surface area contributed by atoms with Gasteiger partial charge in [0.2, 0.25) is 0 Å². The molecule has 136 valence electrons. The van der Waals surface area contributed by atoms with Gasteiger partial charge in [-0.05, 0) is 49.7 Å². The van der Waals surface area contributed by atoms with Crippen LogP contribution in [-0.4, -0.2) is 30.5 Å². The van der Waals surface area contributed by atoms with E-state index < -0.39 is 0 Å². The molecule has 1 N–H and O–H groups in total. The van der Waals surface area contributed by atoms with Gasteiger partial charge in [-0.15, -0.1) is 0 Å². The molecular formula is C21H23ClN2O2. The first-order valence-electron chi connectivity index (χ1n) is 9.24. The first-order valence-corrected chi connectivity index (χ1v) is 9.62. The van der Waals surface area contributed by atoms with Gasteiger partial charge in [0.15, 0.2) is 0 Å². The summed E-state index contributed by atoms with van der Waals surface area (Å²) in [6, 6.07) is 13.5. The lowest BCUT2D eigenvalue weighted by molar-refractivity contribution is 0.0924. The topological polar surface area (TPSA) is 41.6 Å². The van der Waals surface area contributed by atoms with E-state index in [0.29, 0.717) is 22.9 Å². The number of fused-ring (bicyclic) bond motifs is 1. The van der Waals surface area contributed by atoms with Gasteiger partial charge >= 0.3 is 0 Å². The van der Waals surface area contributed by atoms with E-state index in [0.717, 1.165) is 31.6 Å². The maximum Gasteiger partial charge on any atom is 0.251 e. The Balaban J connectivity index is 1.48. The standard InChI is InChI=1S/C21H23ClN2O2/c22-18-8-4-7-17-19(9-12-26-20(17)18)23-21(25)16-6-3-5-15(13-16)14-24-10-1-2-11-24/h3-8,13,19H,1-2,9-12,14H2,(H,23,25)/t19-/m1/s1. The highest BCUT2D eigenvalue weighted by Crippen LogP contribution is 2.37. The number of likely N-dealkylation sites (tertiary alicyclic amines) is 1. The SMILES string of the molecule is O=C(N[C@@H]1CCOc2c(Cl)cccc21)c1cccc(CN2CCCC2)c1. The number of hydrogen-bond donors (Lipinski definition) is 1. The van der Waals surface area contributed by atoms with Gasteiger partial charge in [-0.2, -0.15) is 0 Å². The molecule has 26 heavy (non-hydrogen) atoms. The Labute approximate surface area is 159 Å². The monoisotopic (exact) mass is 370 g/mol. The van der Waals surface area contributed by atoms with Crippen LogP contribution in [0.4, 0.5) is 0 Å². The van der Waals surface area contributed by atoms with Crippen molar-refractivity contribution in [3.8, 4) is 5.75 Å². The van der Waals surface area contributed by atoms with Crippen molar-refractivity contribution in [2.45, 2.75) is 31.8 Å². The molecule has 2 aromatic carbocycles. The Kier molecular flexibility index (Phi) is 5.14. The van der Waals surface area contributed by atoms with Crippen molar-refractivity contribution in [2.24, 2.45) is 0 Å². The average molecular weight is 371 g/mol. The van der Waals surface area contributed by atoms with E-state index >= 15 is 0 Å². The minimum absolute atomic E-state index is 0.0499. The van der Waals surface area contributed by atoms with Crippen molar-refractivity contribution in [3.63, 3.8) is 0 Å². The van der Waals surface area contributed by atoms with Crippen molar-refractivity contribution in [2.75, 3.05) is 19.7 Å². The predicted molar refractivity (Wildman–Crippen MR) is 103 cm³/mol. The fraction of sp³-hybridized carbons (Fsp3) is 0.381. The van der Waals surface area contributed by atoms with Crippen LogP contribution in [0.3, 0.4) is 0 Å². The predicted octanol–water partition coefficient (Wildman–Crippen LogP) is 4.19. The smallest absolute Gasteiger partial charge is 0.251 e. The number of halogens is 1. The van der Waals surface area contributed by atoms with Gasteiger partial charge in [-0.3, -0.25) is 9.69 Å². The molecule has 0 aliphatic carbocycles. The second kappa shape index (κ2) is 7.68. The van der Waals surface area contributed by atoms with Crippen LogP contribution >= 0.6 is 11.6 Å². The Morgan fingerprint density at radius 1 is 1.19 bits per heavy atom. The zero-order chi connectivity index (χ0) is 17.9. The molecular weight excluding hydrogens is 348 g/mol. The van der Waals surface area contributed by atoms with Gasteiger partial charge in [-0.1, -0.05) is 35.9 Å². The summed E-state index contributed by atoms with van der Waals surface area (Å²) < 4.78 is 5.68. The first kappa shape index (κ1) is 17.4. The largest absolute Gasteiger partial charge is 0.492 e. The Bertz CT molecular complexity index is 802. The number of rotatable bonds is 4. The zero-order valence-corrected chi connectivity index (χ0v) is 15.5. The van der Waals surface area contributed by atoms with E-state index in [4.69, 9.17) is 16.3 Å². The van der Waals surface area contributed by atoms with E-state index in [1.807, 2.05) is 36.4 Å². The fourth-order valence-electron chi connectivity index (χ4n) is 3.79. The number of para-hydroxylation sites is 1. The van der Waals surface area contributed by atoms with Gasteiger partial charge in [0.1, 0.15) is 5.75 Å². The molecule has 2 heterocycles. The molecule has 2 aliphatic rings. The van der Waals surface area contributed by atoms with E-state index in [1.54, 1.807) is 0 Å². The molecule has 0 unspecified atom stereocenters. The third kappa shape index (κ3) is 3.71. The molecule has 1 atom stereocenters. The number of hydrogen-bond acceptors (Lipinski definition) is 3. The molecule has 1 amide bonds. The molecule has 2 aliphatic heterocycles. The normalized spacial score (nSPS) is 19.7. The third-order valence-corrected chi connectivity index (χ3v) is 5.42. The number of nitrogens with one attached hydrogen (secondary N) is 1. The quantitative estimate of drug-likeness (QED) is 0.877. The third-order valence-electron chi connectivity index (χ3n) is 5.13. The van der Waals surface area contributed by atoms with E-state index in [1.165, 1.54) is 18.4 Å². The van der Waals surface area contributed by atoms with Crippen LogP contribution in [0.2, 0.25) is 5.02 Å². The summed E-state index contributed by atoms with van der Waals surface area (Å²) in [6.45, 7) is 3.76. The number of carbonyl (C=O) groups is 1. The molecule has 0 aromatic heterocycles. The molecule has 0 radical (unpaired) electrons. The van der Waals surface area contributed by atoms with E-state index in [9.17, 15) is 4.79 Å². The Morgan fingerprint density at radius 2 is 2.00 bits per heavy atom. The highest BCUT2D eigenvalue weighted by Gasteiger charge is 2.25. The van der Waals surface area contributed by atoms with Gasteiger partial charge in [0.05, 0.1) is 17.7 Å². The lowest BCUT2D eigenvalue weighted by atomic mass is 10.00. The van der Waals surface area contributed by atoms with E-state index in [-0.39, 0.29) is 11.9 Å². The number of amides is 1. The Hall–Kier alpha value is -2.04. The molecule has 5 heteroatoms. The number of ether oxygens (including phenoxy) is 1. The van der Waals surface area contributed by atoms with Crippen LogP contribution in [0.5, 0.6) is 5.75 Å². The minimum atomic E-state index is -0.0767. The van der Waals surface area contributed by atoms with Crippen LogP contribution in [0.15, 0.2) is 42.5 Å². The lowest BCUT2D eigenvalue weighted by Crippen LogP contribution is -2.32. The molecule has 4 nitrogen and oxygen atoms in total. The van der Waals surface area contributed by atoms with Crippen LogP contribution < -0.4 is 10.1 Å². The summed E-state index contributed by atoms with van der Waals surface area (Å²) >= 11 is 6.22. The van der Waals surface area contributed by atoms with Gasteiger partial charge < -0.3 is 10.1 Å². The number of benzene rings is 2. The van der Waals surface area contributed by atoms with Gasteiger partial charge in [0, 0.05) is 24.1 Å². The summed E-state index contributed by atoms with van der Waals surface area (Å²) in [5.41, 5.74) is 2.84. The molecule has 4 rings (SSSR count). The van der Waals surface area contributed by atoms with Crippen LogP contribution in [0.1, 0.15) is 46.8 Å². The van der Waals surface area contributed by atoms with Crippen molar-refractivity contribution in [3.05, 3.63) is 64.2 Å². The zero-order valence-electron chi connectivity index (χ0n) is 14.7. The second-order valence-electron chi connectivity index (χ2n) is 7.01. The lowest BCUT2D eigenvalue weighted by Gasteiger charge is -2.27. The molecule has 0 spiro atoms.